The lowest BCUT2D eigenvalue weighted by molar-refractivity contribution is 1.42. The van der Waals surface area contributed by atoms with Gasteiger partial charge in [0, 0.05) is 13.8 Å². The van der Waals surface area contributed by atoms with Gasteiger partial charge in [0.05, 0.1) is 0 Å². The van der Waals surface area contributed by atoms with Gasteiger partial charge in [-0.15, -0.1) is 0 Å². The van der Waals surface area contributed by atoms with Crippen molar-refractivity contribution in [1.29, 1.82) is 0 Å². The Bertz CT molecular complexity index is 64.0. The van der Waals surface area contributed by atoms with Crippen molar-refractivity contribution in [3.8, 4) is 0 Å². The number of aromatic nitrogens is 1. The molecule has 0 saturated carbocycles. The maximum atomic E-state index is 2.86. The van der Waals surface area contributed by atoms with E-state index in [0.717, 1.165) is 0 Å². The Balaban J connectivity index is 0.000000250. The molecule has 1 N–H and O–H groups in total. The maximum Gasteiger partial charge on any atom is 0.000496 e. The van der Waals surface area contributed by atoms with Crippen LogP contribution >= 0.6 is 0 Å². The summed E-state index contributed by atoms with van der Waals surface area (Å²) in [6.45, 7) is 0. The highest BCUT2D eigenvalue weighted by molar-refractivity contribution is 4.84. The van der Waals surface area contributed by atoms with E-state index >= 15 is 0 Å². The van der Waals surface area contributed by atoms with E-state index in [4.69, 9.17) is 0 Å². The van der Waals surface area contributed by atoms with Gasteiger partial charge in [-0.25, -0.2) is 0 Å². The second-order valence-electron chi connectivity index (χ2n) is 0.885. The minimum absolute atomic E-state index is 0. The largest absolute Gasteiger partial charge is 0.368 e. The summed E-state index contributed by atoms with van der Waals surface area (Å²) >= 11 is 0. The molecule has 0 fully saturated rings. The van der Waals surface area contributed by atoms with Crippen LogP contribution in [-0.2, 0) is 0 Å². The summed E-state index contributed by atoms with van der Waals surface area (Å²) in [7, 11) is 0. The molecule has 1 aromatic rings. The molecule has 1 nitrogen and oxygen atoms in total. The lowest BCUT2D eigenvalue weighted by atomic mass is 10.7. The van der Waals surface area contributed by atoms with Gasteiger partial charge < -0.3 is 4.98 Å². The van der Waals surface area contributed by atoms with Gasteiger partial charge in [-0.1, -0.05) is 0 Å². The van der Waals surface area contributed by atoms with Gasteiger partial charge in [0.15, 0.2) is 0 Å². The molecule has 0 atom stereocenters. The number of H-pyrrole nitrogens is 1. The number of nitrogens with one attached hydrogen (secondary N) is 1. The zero-order valence-corrected chi connectivity index (χ0v) is 2.81. The van der Waals surface area contributed by atoms with Gasteiger partial charge >= 0.3 is 0 Å². The molecule has 0 bridgehead atoms. The third-order valence-electron chi connectivity index (χ3n) is 0.496. The monoisotopic (exact) mass is 68.1 g/mol. The highest BCUT2D eigenvalue weighted by Gasteiger charge is 1.55. The van der Waals surface area contributed by atoms with Crippen LogP contribution in [0, 0.1) is 0 Å². The highest BCUT2D eigenvalue weighted by atomic mass is 14.6. The predicted octanol–water partition coefficient (Wildman–Crippen LogP) is 1.13. The number of hydrogen-bond donors (Lipinski definition) is 1. The molecule has 0 saturated heterocycles. The Morgan fingerprint density at radius 2 is 1.80 bits per heavy atom. The van der Waals surface area contributed by atoms with Crippen molar-refractivity contribution in [2.75, 3.05) is 0 Å². The molecule has 1 rings (SSSR count). The molecule has 0 aliphatic carbocycles. The summed E-state index contributed by atoms with van der Waals surface area (Å²) in [5.74, 6) is 0. The Kier molecular flexibility index (Phi) is 0.468. The Morgan fingerprint density at radius 1 is 1.20 bits per heavy atom. The molecule has 1 heteroatoms. The normalized spacial score (nSPS) is 8.00. The van der Waals surface area contributed by atoms with Crippen LogP contribution in [0.15, 0.2) is 24.5 Å². The fourth-order valence-corrected chi connectivity index (χ4v) is 0.278. The van der Waals surface area contributed by atoms with Crippen molar-refractivity contribution in [2.24, 2.45) is 0 Å². The third kappa shape index (κ3) is 0.293. The first-order chi connectivity index (χ1) is 2.50. The first kappa shape index (κ1) is 2.51. The quantitative estimate of drug-likeness (QED) is 0.469. The SMILES string of the molecule is [H].c1cc[nH]c1. The highest BCUT2D eigenvalue weighted by Crippen LogP contribution is 1.72. The number of hydrogen-bond acceptors (Lipinski definition) is 0. The van der Waals surface area contributed by atoms with E-state index in [1.807, 2.05) is 24.5 Å². The molecule has 0 aliphatic heterocycles. The number of aromatic amines is 1. The van der Waals surface area contributed by atoms with Crippen LogP contribution in [0.3, 0.4) is 0 Å². The van der Waals surface area contributed by atoms with Crippen LogP contribution in [0.4, 0.5) is 0 Å². The molecular weight excluding hydrogens is 62.1 g/mol. The molecule has 0 unspecified atom stereocenters. The summed E-state index contributed by atoms with van der Waals surface area (Å²) < 4.78 is 0. The van der Waals surface area contributed by atoms with Crippen molar-refractivity contribution in [1.82, 2.24) is 4.98 Å². The summed E-state index contributed by atoms with van der Waals surface area (Å²) in [6.07, 6.45) is 3.75. The van der Waals surface area contributed by atoms with Gasteiger partial charge in [0.1, 0.15) is 0 Å². The molecule has 27 valence electrons. The standard InChI is InChI=1S/C4H5N.H/c1-2-4-5-3-1;/h1-5H;. The van der Waals surface area contributed by atoms with E-state index < -0.39 is 0 Å². The Hall–Kier alpha value is -0.720. The average Bonchev–Trinajstić information content (AvgIpc) is 1.76. The lowest BCUT2D eigenvalue weighted by Crippen LogP contribution is -1.38. The van der Waals surface area contributed by atoms with Crippen LogP contribution in [0.25, 0.3) is 0 Å². The van der Waals surface area contributed by atoms with Crippen LogP contribution < -0.4 is 0 Å². The second kappa shape index (κ2) is 0.931. The van der Waals surface area contributed by atoms with Crippen molar-refractivity contribution in [2.45, 2.75) is 0 Å². The fraction of sp³-hybridized carbons (Fsp3) is 0. The summed E-state index contributed by atoms with van der Waals surface area (Å²) in [5.41, 5.74) is 0. The van der Waals surface area contributed by atoms with E-state index in [9.17, 15) is 0 Å². The lowest BCUT2D eigenvalue weighted by Gasteiger charge is -1.49. The predicted molar refractivity (Wildman–Crippen MR) is 21.9 cm³/mol. The molecule has 0 amide bonds. The molecule has 5 heavy (non-hydrogen) atoms. The van der Waals surface area contributed by atoms with Crippen molar-refractivity contribution in [3.63, 3.8) is 0 Å². The van der Waals surface area contributed by atoms with Gasteiger partial charge in [0.2, 0.25) is 0 Å². The third-order valence-corrected chi connectivity index (χ3v) is 0.496. The van der Waals surface area contributed by atoms with Crippen molar-refractivity contribution in [3.05, 3.63) is 24.5 Å². The van der Waals surface area contributed by atoms with E-state index in [1.54, 1.807) is 0 Å². The van der Waals surface area contributed by atoms with Crippen molar-refractivity contribution < 1.29 is 1.43 Å². The number of rotatable bonds is 0. The van der Waals surface area contributed by atoms with Crippen molar-refractivity contribution >= 4 is 0 Å². The molecule has 1 radical (unpaired) electrons. The second-order valence-corrected chi connectivity index (χ2v) is 0.885. The van der Waals surface area contributed by atoms with E-state index in [1.165, 1.54) is 0 Å². The summed E-state index contributed by atoms with van der Waals surface area (Å²) in [5, 5.41) is 0. The van der Waals surface area contributed by atoms with E-state index in [0.29, 0.717) is 0 Å². The van der Waals surface area contributed by atoms with E-state index in [2.05, 4.69) is 4.98 Å². The first-order valence-corrected chi connectivity index (χ1v) is 1.58. The van der Waals surface area contributed by atoms with Crippen LogP contribution in [0.1, 0.15) is 1.43 Å². The first-order valence-electron chi connectivity index (χ1n) is 1.58. The molecule has 1 heterocycles. The molecule has 1 aromatic heterocycles. The molecule has 0 spiro atoms. The van der Waals surface area contributed by atoms with Crippen LogP contribution in [0.5, 0.6) is 0 Å². The van der Waals surface area contributed by atoms with Crippen LogP contribution in [-0.4, -0.2) is 4.98 Å². The van der Waals surface area contributed by atoms with E-state index in [-0.39, 0.29) is 1.43 Å². The molecule has 0 aromatic carbocycles. The average molecular weight is 68.1 g/mol. The summed E-state index contributed by atoms with van der Waals surface area (Å²) in [4.78, 5) is 2.86. The van der Waals surface area contributed by atoms with Gasteiger partial charge in [0.25, 0.3) is 0 Å². The minimum Gasteiger partial charge on any atom is -0.368 e. The Labute approximate surface area is 32.1 Å². The van der Waals surface area contributed by atoms with Gasteiger partial charge in [-0.2, -0.15) is 0 Å². The van der Waals surface area contributed by atoms with Crippen LogP contribution in [0.2, 0.25) is 0 Å². The minimum atomic E-state index is 0. The fourth-order valence-electron chi connectivity index (χ4n) is 0.278. The smallest absolute Gasteiger partial charge is 0.000496 e. The van der Waals surface area contributed by atoms with Gasteiger partial charge in [-0.3, -0.25) is 0 Å². The Morgan fingerprint density at radius 3 is 2.00 bits per heavy atom. The topological polar surface area (TPSA) is 15.8 Å². The molecule has 0 aliphatic rings. The summed E-state index contributed by atoms with van der Waals surface area (Å²) in [6, 6.07) is 3.89. The zero-order valence-electron chi connectivity index (χ0n) is 3.81. The van der Waals surface area contributed by atoms with Gasteiger partial charge in [-0.05, 0) is 12.1 Å². The maximum absolute atomic E-state index is 2.86. The molecular formula is C4H6N. The zero-order chi connectivity index (χ0) is 3.54.